The van der Waals surface area contributed by atoms with Crippen molar-refractivity contribution in [3.05, 3.63) is 69.4 Å². The molecule has 2 aliphatic heterocycles. The van der Waals surface area contributed by atoms with Crippen molar-refractivity contribution in [2.24, 2.45) is 0 Å². The van der Waals surface area contributed by atoms with E-state index in [4.69, 9.17) is 9.15 Å². The fraction of sp³-hybridized carbons (Fsp3) is 0.429. The molecule has 0 bridgehead atoms. The number of fused-ring (bicyclic) bond motifs is 1. The lowest BCUT2D eigenvalue weighted by molar-refractivity contribution is 0.0677. The van der Waals surface area contributed by atoms with Crippen LogP contribution in [0.2, 0.25) is 0 Å². The van der Waals surface area contributed by atoms with Crippen molar-refractivity contribution in [3.8, 4) is 0 Å². The number of anilines is 2. The van der Waals surface area contributed by atoms with E-state index in [1.54, 1.807) is 29.0 Å². The average molecular weight is 528 g/mol. The van der Waals surface area contributed by atoms with Gasteiger partial charge in [-0.3, -0.25) is 9.59 Å². The molecule has 2 saturated heterocycles. The van der Waals surface area contributed by atoms with Crippen molar-refractivity contribution in [2.45, 2.75) is 25.3 Å². The summed E-state index contributed by atoms with van der Waals surface area (Å²) < 4.78 is 39.2. The number of halogens is 2. The van der Waals surface area contributed by atoms with Crippen LogP contribution in [0.4, 0.5) is 20.4 Å². The van der Waals surface area contributed by atoms with Crippen LogP contribution < -0.4 is 15.2 Å². The summed E-state index contributed by atoms with van der Waals surface area (Å²) in [7, 11) is 1.72. The van der Waals surface area contributed by atoms with Gasteiger partial charge in [0.15, 0.2) is 11.3 Å². The Morgan fingerprint density at radius 1 is 1.08 bits per heavy atom. The van der Waals surface area contributed by atoms with Gasteiger partial charge >= 0.3 is 0 Å². The molecular formula is C28H31F2N3O5. The van der Waals surface area contributed by atoms with Crippen LogP contribution in [0.15, 0.2) is 45.6 Å². The Morgan fingerprint density at radius 3 is 2.53 bits per heavy atom. The van der Waals surface area contributed by atoms with E-state index in [0.29, 0.717) is 79.5 Å². The molecule has 0 unspecified atom stereocenters. The number of likely N-dealkylation sites (N-methyl/N-ethyl adjacent to an activating group) is 1. The molecule has 5 rings (SSSR count). The monoisotopic (exact) mass is 527 g/mol. The molecule has 0 saturated carbocycles. The topological polar surface area (TPSA) is 86.5 Å². The zero-order valence-electron chi connectivity index (χ0n) is 21.3. The van der Waals surface area contributed by atoms with Gasteiger partial charge in [-0.1, -0.05) is 0 Å². The van der Waals surface area contributed by atoms with Gasteiger partial charge in [-0.05, 0) is 49.1 Å². The van der Waals surface area contributed by atoms with Gasteiger partial charge in [-0.15, -0.1) is 0 Å². The summed E-state index contributed by atoms with van der Waals surface area (Å²) in [5, 5.41) is 10.0. The molecule has 202 valence electrons. The lowest BCUT2D eigenvalue weighted by Gasteiger charge is -2.27. The number of morpholine rings is 1. The van der Waals surface area contributed by atoms with Gasteiger partial charge < -0.3 is 29.0 Å². The second kappa shape index (κ2) is 11.1. The van der Waals surface area contributed by atoms with Crippen molar-refractivity contribution in [2.75, 3.05) is 62.8 Å². The highest BCUT2D eigenvalue weighted by Crippen LogP contribution is 2.28. The van der Waals surface area contributed by atoms with Crippen molar-refractivity contribution in [1.29, 1.82) is 0 Å². The highest BCUT2D eigenvalue weighted by Gasteiger charge is 2.30. The largest absolute Gasteiger partial charge is 0.440 e. The Hall–Kier alpha value is -3.50. The summed E-state index contributed by atoms with van der Waals surface area (Å²) in [4.78, 5) is 32.0. The number of nitrogens with zero attached hydrogens (tertiary/aromatic N) is 3. The Labute approximate surface area is 219 Å². The van der Waals surface area contributed by atoms with Crippen LogP contribution in [-0.4, -0.2) is 75.0 Å². The van der Waals surface area contributed by atoms with Crippen LogP contribution in [0.3, 0.4) is 0 Å². The maximum absolute atomic E-state index is 13.8. The molecular weight excluding hydrogens is 496 g/mol. The smallest absolute Gasteiger partial charge is 0.254 e. The van der Waals surface area contributed by atoms with Crippen LogP contribution >= 0.6 is 0 Å². The minimum Gasteiger partial charge on any atom is -0.440 e. The molecule has 3 heterocycles. The van der Waals surface area contributed by atoms with Gasteiger partial charge in [0.05, 0.1) is 31.2 Å². The van der Waals surface area contributed by atoms with E-state index in [-0.39, 0.29) is 24.0 Å². The molecule has 2 aliphatic rings. The molecule has 1 amide bonds. The first kappa shape index (κ1) is 26.1. The van der Waals surface area contributed by atoms with Gasteiger partial charge in [0.1, 0.15) is 17.2 Å². The fourth-order valence-corrected chi connectivity index (χ4v) is 5.20. The SMILES string of the molecule is CN(CCc1cc(C(=O)N2CCC[C@@H]2CO)cc2c(=O)cc(N3CCOCC3)oc12)c1cc(F)cc(F)c1. The van der Waals surface area contributed by atoms with Gasteiger partial charge in [0, 0.05) is 56.6 Å². The Balaban J connectivity index is 1.53. The van der Waals surface area contributed by atoms with Crippen molar-refractivity contribution in [1.82, 2.24) is 4.90 Å². The van der Waals surface area contributed by atoms with Gasteiger partial charge in [0.2, 0.25) is 0 Å². The molecule has 38 heavy (non-hydrogen) atoms. The summed E-state index contributed by atoms with van der Waals surface area (Å²) in [5.41, 5.74) is 1.48. The summed E-state index contributed by atoms with van der Waals surface area (Å²) in [6, 6.07) is 7.80. The van der Waals surface area contributed by atoms with Crippen molar-refractivity contribution < 1.29 is 27.8 Å². The number of benzene rings is 2. The Morgan fingerprint density at radius 2 is 1.82 bits per heavy atom. The number of hydrogen-bond acceptors (Lipinski definition) is 7. The van der Waals surface area contributed by atoms with Crippen molar-refractivity contribution in [3.63, 3.8) is 0 Å². The second-order valence-electron chi connectivity index (χ2n) is 9.84. The number of amides is 1. The second-order valence-corrected chi connectivity index (χ2v) is 9.84. The number of carbonyl (C=O) groups excluding carboxylic acids is 1. The first-order chi connectivity index (χ1) is 18.3. The minimum atomic E-state index is -0.671. The third kappa shape index (κ3) is 5.37. The van der Waals surface area contributed by atoms with Crippen LogP contribution in [0.1, 0.15) is 28.8 Å². The summed E-state index contributed by atoms with van der Waals surface area (Å²) in [6.07, 6.45) is 1.88. The zero-order valence-corrected chi connectivity index (χ0v) is 21.3. The number of ether oxygens (including phenoxy) is 1. The van der Waals surface area contributed by atoms with Gasteiger partial charge in [-0.25, -0.2) is 8.78 Å². The summed E-state index contributed by atoms with van der Waals surface area (Å²) >= 11 is 0. The maximum atomic E-state index is 13.8. The lowest BCUT2D eigenvalue weighted by atomic mass is 10.0. The highest BCUT2D eigenvalue weighted by atomic mass is 19.1. The molecule has 2 aromatic carbocycles. The lowest BCUT2D eigenvalue weighted by Crippen LogP contribution is -2.37. The number of carbonyl (C=O) groups is 1. The summed E-state index contributed by atoms with van der Waals surface area (Å²) in [6.45, 7) is 3.00. The molecule has 8 nitrogen and oxygen atoms in total. The molecule has 0 spiro atoms. The fourth-order valence-electron chi connectivity index (χ4n) is 5.20. The normalized spacial score (nSPS) is 17.8. The maximum Gasteiger partial charge on any atom is 0.254 e. The number of aliphatic hydroxyl groups excluding tert-OH is 1. The minimum absolute atomic E-state index is 0.119. The zero-order chi connectivity index (χ0) is 26.8. The van der Waals surface area contributed by atoms with E-state index in [1.165, 1.54) is 18.2 Å². The van der Waals surface area contributed by atoms with Crippen LogP contribution in [0.5, 0.6) is 0 Å². The number of aliphatic hydroxyl groups is 1. The van der Waals surface area contributed by atoms with E-state index in [2.05, 4.69) is 0 Å². The third-order valence-corrected chi connectivity index (χ3v) is 7.32. The van der Waals surface area contributed by atoms with E-state index in [9.17, 15) is 23.5 Å². The first-order valence-corrected chi connectivity index (χ1v) is 12.9. The highest BCUT2D eigenvalue weighted by molar-refractivity contribution is 5.99. The average Bonchev–Trinajstić information content (AvgIpc) is 3.40. The number of likely N-dealkylation sites (tertiary alicyclic amines) is 1. The van der Waals surface area contributed by atoms with E-state index in [1.807, 2.05) is 4.90 Å². The molecule has 1 atom stereocenters. The number of rotatable bonds is 7. The molecule has 1 aromatic heterocycles. The molecule has 3 aromatic rings. The van der Waals surface area contributed by atoms with Crippen LogP contribution in [0, 0.1) is 11.6 Å². The van der Waals surface area contributed by atoms with E-state index >= 15 is 0 Å². The van der Waals surface area contributed by atoms with E-state index in [0.717, 1.165) is 18.9 Å². The Kier molecular flexibility index (Phi) is 7.62. The Bertz CT molecular complexity index is 1370. The van der Waals surface area contributed by atoms with Gasteiger partial charge in [0.25, 0.3) is 5.91 Å². The van der Waals surface area contributed by atoms with E-state index < -0.39 is 11.6 Å². The first-order valence-electron chi connectivity index (χ1n) is 12.9. The van der Waals surface area contributed by atoms with Crippen LogP contribution in [0.25, 0.3) is 11.0 Å². The van der Waals surface area contributed by atoms with Crippen molar-refractivity contribution >= 4 is 28.4 Å². The predicted octanol–water partition coefficient (Wildman–Crippen LogP) is 3.18. The molecule has 10 heteroatoms. The third-order valence-electron chi connectivity index (χ3n) is 7.32. The van der Waals surface area contributed by atoms with Crippen LogP contribution in [-0.2, 0) is 11.2 Å². The summed E-state index contributed by atoms with van der Waals surface area (Å²) in [5.74, 6) is -1.15. The predicted molar refractivity (Wildman–Crippen MR) is 140 cm³/mol. The van der Waals surface area contributed by atoms with Gasteiger partial charge in [-0.2, -0.15) is 0 Å². The quantitative estimate of drug-likeness (QED) is 0.505. The molecule has 0 aliphatic carbocycles. The standard InChI is InChI=1S/C28H31F2N3O5/c1-31(23-14-20(29)13-21(30)15-23)6-4-18-11-19(28(36)33-5-2-3-22(33)17-34)12-24-25(35)16-26(38-27(18)24)32-7-9-37-10-8-32/h11-16,22,34H,2-10,17H2,1H3/t22-/m1/s1. The number of hydrogen-bond donors (Lipinski definition) is 1. The molecule has 1 N–H and O–H groups in total. The molecule has 0 radical (unpaired) electrons. The molecule has 2 fully saturated rings.